The number of hydrogen-bond donors (Lipinski definition) is 1. The van der Waals surface area contributed by atoms with Crippen molar-refractivity contribution in [2.24, 2.45) is 0 Å². The molecule has 1 aliphatic rings. The van der Waals surface area contributed by atoms with Crippen molar-refractivity contribution in [2.75, 3.05) is 32.7 Å². The summed E-state index contributed by atoms with van der Waals surface area (Å²) in [5.41, 5.74) is 1.20. The van der Waals surface area contributed by atoms with Crippen LogP contribution in [0.25, 0.3) is 0 Å². The van der Waals surface area contributed by atoms with Gasteiger partial charge in [-0.3, -0.25) is 9.59 Å². The van der Waals surface area contributed by atoms with Crippen LogP contribution in [-0.4, -0.2) is 60.4 Å². The van der Waals surface area contributed by atoms with E-state index >= 15 is 0 Å². The molecule has 2 amide bonds. The number of carbonyl (C=O) groups is 2. The van der Waals surface area contributed by atoms with Crippen LogP contribution in [0.2, 0.25) is 0 Å². The Balaban J connectivity index is 0.00000312. The quantitative estimate of drug-likeness (QED) is 0.841. The molecule has 0 aromatic heterocycles. The lowest BCUT2D eigenvalue weighted by Gasteiger charge is -2.34. The van der Waals surface area contributed by atoms with Gasteiger partial charge in [-0.25, -0.2) is 0 Å². The highest BCUT2D eigenvalue weighted by atomic mass is 35.5. The third-order valence-corrected chi connectivity index (χ3v) is 4.39. The summed E-state index contributed by atoms with van der Waals surface area (Å²) in [6, 6.07) is 7.33. The molecule has 2 rings (SSSR count). The van der Waals surface area contributed by atoms with Gasteiger partial charge in [-0.1, -0.05) is 19.9 Å². The molecule has 0 bridgehead atoms. The summed E-state index contributed by atoms with van der Waals surface area (Å²) in [7, 11) is 0. The molecule has 1 aliphatic heterocycles. The van der Waals surface area contributed by atoms with Crippen molar-refractivity contribution in [3.05, 3.63) is 35.4 Å². The summed E-state index contributed by atoms with van der Waals surface area (Å²) in [5, 5.41) is 3.29. The first kappa shape index (κ1) is 21.5. The summed E-state index contributed by atoms with van der Waals surface area (Å²) >= 11 is 0. The van der Waals surface area contributed by atoms with E-state index in [1.54, 1.807) is 18.2 Å². The number of rotatable bonds is 6. The fourth-order valence-electron chi connectivity index (χ4n) is 3.13. The Morgan fingerprint density at radius 1 is 1.20 bits per heavy atom. The highest BCUT2D eigenvalue weighted by Crippen LogP contribution is 2.14. The van der Waals surface area contributed by atoms with Crippen molar-refractivity contribution >= 4 is 24.2 Å². The van der Waals surface area contributed by atoms with E-state index in [2.05, 4.69) is 19.2 Å². The van der Waals surface area contributed by atoms with Crippen molar-refractivity contribution in [3.63, 3.8) is 0 Å². The van der Waals surface area contributed by atoms with Crippen LogP contribution < -0.4 is 5.32 Å². The number of hydrogen-bond acceptors (Lipinski definition) is 3. The van der Waals surface area contributed by atoms with Crippen LogP contribution in [0.3, 0.4) is 0 Å². The molecule has 0 saturated carbocycles. The first-order valence-electron chi connectivity index (χ1n) is 8.99. The van der Waals surface area contributed by atoms with Crippen LogP contribution in [0.4, 0.5) is 0 Å². The fourth-order valence-corrected chi connectivity index (χ4v) is 3.13. The summed E-state index contributed by atoms with van der Waals surface area (Å²) in [4.78, 5) is 29.3. The number of nitrogens with one attached hydrogen (secondary N) is 1. The maximum atomic E-state index is 12.8. The number of amides is 2. The second-order valence-corrected chi connectivity index (χ2v) is 6.42. The first-order chi connectivity index (χ1) is 11.6. The van der Waals surface area contributed by atoms with Gasteiger partial charge in [-0.15, -0.1) is 12.4 Å². The standard InChI is InChI=1S/C19H29N3O2.ClH/c1-4-10-21(11-5-2)18(23)16-7-6-8-17(13-16)19(24)22-12-9-20-14-15(22)3;/h6-8,13,15,20H,4-5,9-12,14H2,1-3H3;1H/t15-;/m0./s1. The van der Waals surface area contributed by atoms with E-state index in [9.17, 15) is 9.59 Å². The predicted molar refractivity (Wildman–Crippen MR) is 104 cm³/mol. The lowest BCUT2D eigenvalue weighted by molar-refractivity contribution is 0.0655. The second-order valence-electron chi connectivity index (χ2n) is 6.42. The zero-order chi connectivity index (χ0) is 17.5. The van der Waals surface area contributed by atoms with Crippen molar-refractivity contribution in [3.8, 4) is 0 Å². The zero-order valence-electron chi connectivity index (χ0n) is 15.5. The second kappa shape index (κ2) is 10.4. The van der Waals surface area contributed by atoms with Crippen LogP contribution in [-0.2, 0) is 0 Å². The highest BCUT2D eigenvalue weighted by Gasteiger charge is 2.25. The number of piperazine rings is 1. The minimum absolute atomic E-state index is 0. The number of benzene rings is 1. The lowest BCUT2D eigenvalue weighted by atomic mass is 10.1. The van der Waals surface area contributed by atoms with Gasteiger partial charge in [0, 0.05) is 49.9 Å². The maximum Gasteiger partial charge on any atom is 0.254 e. The molecule has 140 valence electrons. The molecule has 5 nitrogen and oxygen atoms in total. The number of halogens is 1. The third-order valence-electron chi connectivity index (χ3n) is 4.39. The average molecular weight is 368 g/mol. The topological polar surface area (TPSA) is 52.7 Å². The minimum Gasteiger partial charge on any atom is -0.339 e. The Bertz CT molecular complexity index is 574. The Kier molecular flexibility index (Phi) is 8.93. The van der Waals surface area contributed by atoms with E-state index < -0.39 is 0 Å². The SMILES string of the molecule is CCCN(CCC)C(=O)c1cccc(C(=O)N2CCNC[C@@H]2C)c1.Cl. The monoisotopic (exact) mass is 367 g/mol. The average Bonchev–Trinajstić information content (AvgIpc) is 2.61. The minimum atomic E-state index is 0. The van der Waals surface area contributed by atoms with Crippen molar-refractivity contribution < 1.29 is 9.59 Å². The van der Waals surface area contributed by atoms with E-state index in [-0.39, 0.29) is 30.3 Å². The summed E-state index contributed by atoms with van der Waals surface area (Å²) in [6.45, 7) is 10.0. The first-order valence-corrected chi connectivity index (χ1v) is 8.99. The molecule has 1 aromatic rings. The Hall–Kier alpha value is -1.59. The molecule has 1 fully saturated rings. The van der Waals surface area contributed by atoms with Crippen molar-refractivity contribution in [1.82, 2.24) is 15.1 Å². The van der Waals surface area contributed by atoms with Gasteiger partial charge in [0.25, 0.3) is 11.8 Å². The highest BCUT2D eigenvalue weighted by molar-refractivity contribution is 5.99. The van der Waals surface area contributed by atoms with Gasteiger partial charge in [0.2, 0.25) is 0 Å². The largest absolute Gasteiger partial charge is 0.339 e. The molecule has 1 atom stereocenters. The summed E-state index contributed by atoms with van der Waals surface area (Å²) in [6.07, 6.45) is 1.87. The molecule has 1 N–H and O–H groups in total. The Morgan fingerprint density at radius 2 is 1.84 bits per heavy atom. The molecular weight excluding hydrogens is 338 g/mol. The third kappa shape index (κ3) is 5.44. The van der Waals surface area contributed by atoms with Gasteiger partial charge in [0.05, 0.1) is 0 Å². The van der Waals surface area contributed by atoms with E-state index in [4.69, 9.17) is 0 Å². The van der Waals surface area contributed by atoms with Gasteiger partial charge in [-0.05, 0) is 38.0 Å². The Morgan fingerprint density at radius 3 is 2.44 bits per heavy atom. The molecule has 0 unspecified atom stereocenters. The molecule has 0 spiro atoms. The molecule has 1 saturated heterocycles. The number of carbonyl (C=O) groups excluding carboxylic acids is 2. The van der Waals surface area contributed by atoms with Crippen molar-refractivity contribution in [2.45, 2.75) is 39.7 Å². The van der Waals surface area contributed by atoms with Crippen molar-refractivity contribution in [1.29, 1.82) is 0 Å². The zero-order valence-corrected chi connectivity index (χ0v) is 16.3. The summed E-state index contributed by atoms with van der Waals surface area (Å²) in [5.74, 6) is 0.0258. The normalized spacial score (nSPS) is 16.9. The molecule has 0 radical (unpaired) electrons. The predicted octanol–water partition coefficient (Wildman–Crippen LogP) is 2.80. The van der Waals surface area contributed by atoms with E-state index in [1.807, 2.05) is 22.8 Å². The summed E-state index contributed by atoms with van der Waals surface area (Å²) < 4.78 is 0. The Labute approximate surface area is 157 Å². The van der Waals surface area contributed by atoms with Crippen LogP contribution in [0.1, 0.15) is 54.3 Å². The van der Waals surface area contributed by atoms with Gasteiger partial charge < -0.3 is 15.1 Å². The van der Waals surface area contributed by atoms with Crippen LogP contribution in [0.15, 0.2) is 24.3 Å². The van der Waals surface area contributed by atoms with E-state index in [0.29, 0.717) is 17.7 Å². The van der Waals surface area contributed by atoms with E-state index in [0.717, 1.165) is 39.0 Å². The molecule has 25 heavy (non-hydrogen) atoms. The molecule has 6 heteroatoms. The molecular formula is C19H30ClN3O2. The smallest absolute Gasteiger partial charge is 0.254 e. The van der Waals surface area contributed by atoms with Crippen LogP contribution in [0, 0.1) is 0 Å². The number of nitrogens with zero attached hydrogens (tertiary/aromatic N) is 2. The van der Waals surface area contributed by atoms with E-state index in [1.165, 1.54) is 0 Å². The van der Waals surface area contributed by atoms with Crippen LogP contribution in [0.5, 0.6) is 0 Å². The van der Waals surface area contributed by atoms with Gasteiger partial charge in [-0.2, -0.15) is 0 Å². The molecule has 1 aromatic carbocycles. The molecule has 1 heterocycles. The van der Waals surface area contributed by atoms with Gasteiger partial charge in [0.15, 0.2) is 0 Å². The maximum absolute atomic E-state index is 12.8. The molecule has 0 aliphatic carbocycles. The van der Waals surface area contributed by atoms with Crippen LogP contribution >= 0.6 is 12.4 Å². The van der Waals surface area contributed by atoms with Gasteiger partial charge in [0.1, 0.15) is 0 Å². The van der Waals surface area contributed by atoms with Gasteiger partial charge >= 0.3 is 0 Å². The fraction of sp³-hybridized carbons (Fsp3) is 0.579. The lowest BCUT2D eigenvalue weighted by Crippen LogP contribution is -2.52.